The largest absolute Gasteiger partial charge is 0.308 e. The van der Waals surface area contributed by atoms with E-state index < -0.39 is 0 Å². The van der Waals surface area contributed by atoms with E-state index in [2.05, 4.69) is 67.2 Å². The number of aromatic nitrogens is 2. The fraction of sp³-hybridized carbons (Fsp3) is 0.412. The summed E-state index contributed by atoms with van der Waals surface area (Å²) in [6.07, 6.45) is 1.83. The molecule has 1 heterocycles. The first-order chi connectivity index (χ1) is 9.44. The molecule has 0 fully saturated rings. The van der Waals surface area contributed by atoms with Crippen molar-refractivity contribution in [2.24, 2.45) is 0 Å². The first-order valence-corrected chi connectivity index (χ1v) is 7.07. The predicted octanol–water partition coefficient (Wildman–Crippen LogP) is 3.72. The SMILES string of the molecule is CNC(C)(C)c1nccc(-c2ccc(C(C)C)cc2)n1. The number of nitrogens with one attached hydrogen (secondary N) is 1. The number of nitrogens with zero attached hydrogens (tertiary/aromatic N) is 2. The molecule has 0 unspecified atom stereocenters. The van der Waals surface area contributed by atoms with Crippen LogP contribution in [0.2, 0.25) is 0 Å². The lowest BCUT2D eigenvalue weighted by atomic mass is 10.0. The zero-order chi connectivity index (χ0) is 14.8. The maximum Gasteiger partial charge on any atom is 0.148 e. The van der Waals surface area contributed by atoms with Crippen LogP contribution in [0.4, 0.5) is 0 Å². The van der Waals surface area contributed by atoms with Crippen molar-refractivity contribution in [3.05, 3.63) is 47.9 Å². The van der Waals surface area contributed by atoms with E-state index in [9.17, 15) is 0 Å². The number of benzene rings is 1. The predicted molar refractivity (Wildman–Crippen MR) is 83.6 cm³/mol. The van der Waals surface area contributed by atoms with Crippen LogP contribution in [0.15, 0.2) is 36.5 Å². The molecule has 0 aliphatic heterocycles. The molecule has 0 aliphatic rings. The highest BCUT2D eigenvalue weighted by Gasteiger charge is 2.21. The van der Waals surface area contributed by atoms with Gasteiger partial charge in [0.2, 0.25) is 0 Å². The van der Waals surface area contributed by atoms with E-state index in [1.165, 1.54) is 5.56 Å². The van der Waals surface area contributed by atoms with E-state index in [-0.39, 0.29) is 5.54 Å². The van der Waals surface area contributed by atoms with E-state index in [4.69, 9.17) is 0 Å². The van der Waals surface area contributed by atoms with Gasteiger partial charge in [-0.05, 0) is 38.4 Å². The van der Waals surface area contributed by atoms with Gasteiger partial charge in [0.15, 0.2) is 0 Å². The van der Waals surface area contributed by atoms with Crippen molar-refractivity contribution in [2.45, 2.75) is 39.2 Å². The average Bonchev–Trinajstić information content (AvgIpc) is 2.47. The van der Waals surface area contributed by atoms with Gasteiger partial charge in [0, 0.05) is 11.8 Å². The van der Waals surface area contributed by atoms with Crippen LogP contribution in [0.25, 0.3) is 11.3 Å². The molecule has 0 amide bonds. The van der Waals surface area contributed by atoms with Crippen LogP contribution in [0.1, 0.15) is 45.0 Å². The van der Waals surface area contributed by atoms with Crippen molar-refractivity contribution in [1.29, 1.82) is 0 Å². The maximum absolute atomic E-state index is 4.69. The molecule has 1 aromatic heterocycles. The summed E-state index contributed by atoms with van der Waals surface area (Å²) in [5.74, 6) is 1.36. The van der Waals surface area contributed by atoms with Gasteiger partial charge in [-0.25, -0.2) is 9.97 Å². The summed E-state index contributed by atoms with van der Waals surface area (Å²) in [5.41, 5.74) is 3.21. The lowest BCUT2D eigenvalue weighted by Gasteiger charge is -2.22. The van der Waals surface area contributed by atoms with Crippen LogP contribution in [0.5, 0.6) is 0 Å². The molecule has 106 valence electrons. The van der Waals surface area contributed by atoms with Gasteiger partial charge < -0.3 is 5.32 Å². The molecule has 0 atom stereocenters. The number of rotatable bonds is 4. The number of hydrogen-bond acceptors (Lipinski definition) is 3. The molecule has 2 aromatic rings. The van der Waals surface area contributed by atoms with Crippen molar-refractivity contribution in [3.63, 3.8) is 0 Å². The van der Waals surface area contributed by atoms with Gasteiger partial charge >= 0.3 is 0 Å². The molecule has 2 rings (SSSR count). The van der Waals surface area contributed by atoms with Crippen molar-refractivity contribution in [3.8, 4) is 11.3 Å². The van der Waals surface area contributed by atoms with E-state index in [1.807, 2.05) is 19.3 Å². The van der Waals surface area contributed by atoms with Gasteiger partial charge in [-0.3, -0.25) is 0 Å². The van der Waals surface area contributed by atoms with Crippen LogP contribution in [-0.4, -0.2) is 17.0 Å². The normalized spacial score (nSPS) is 11.9. The molecule has 0 aliphatic carbocycles. The lowest BCUT2D eigenvalue weighted by Crippen LogP contribution is -2.35. The molecule has 20 heavy (non-hydrogen) atoms. The van der Waals surface area contributed by atoms with Crippen molar-refractivity contribution in [2.75, 3.05) is 7.05 Å². The summed E-state index contributed by atoms with van der Waals surface area (Å²) < 4.78 is 0. The first kappa shape index (κ1) is 14.7. The van der Waals surface area contributed by atoms with Crippen LogP contribution < -0.4 is 5.32 Å². The van der Waals surface area contributed by atoms with E-state index in [1.54, 1.807) is 0 Å². The summed E-state index contributed by atoms with van der Waals surface area (Å²) in [6.45, 7) is 8.56. The van der Waals surface area contributed by atoms with Crippen LogP contribution in [-0.2, 0) is 5.54 Å². The Morgan fingerprint density at radius 3 is 2.25 bits per heavy atom. The number of hydrogen-bond donors (Lipinski definition) is 1. The lowest BCUT2D eigenvalue weighted by molar-refractivity contribution is 0.417. The molecule has 0 saturated carbocycles. The van der Waals surface area contributed by atoms with Gasteiger partial charge in [0.25, 0.3) is 0 Å². The first-order valence-electron chi connectivity index (χ1n) is 7.07. The Balaban J connectivity index is 2.36. The molecule has 3 nitrogen and oxygen atoms in total. The zero-order valence-corrected chi connectivity index (χ0v) is 12.9. The highest BCUT2D eigenvalue weighted by atomic mass is 15.0. The van der Waals surface area contributed by atoms with E-state index >= 15 is 0 Å². The maximum atomic E-state index is 4.69. The quantitative estimate of drug-likeness (QED) is 0.919. The Hall–Kier alpha value is -1.74. The topological polar surface area (TPSA) is 37.8 Å². The summed E-state index contributed by atoms with van der Waals surface area (Å²) in [5, 5.41) is 3.24. The molecule has 0 saturated heterocycles. The average molecular weight is 269 g/mol. The van der Waals surface area contributed by atoms with Gasteiger partial charge in [-0.1, -0.05) is 38.1 Å². The highest BCUT2D eigenvalue weighted by molar-refractivity contribution is 5.59. The minimum atomic E-state index is -0.228. The van der Waals surface area contributed by atoms with Gasteiger partial charge in [-0.15, -0.1) is 0 Å². The molecule has 0 bridgehead atoms. The van der Waals surface area contributed by atoms with Crippen molar-refractivity contribution >= 4 is 0 Å². The molecular formula is C17H23N3. The second kappa shape index (κ2) is 5.71. The molecule has 1 aromatic carbocycles. The van der Waals surface area contributed by atoms with Crippen LogP contribution in [0.3, 0.4) is 0 Å². The van der Waals surface area contributed by atoms with E-state index in [0.29, 0.717) is 5.92 Å². The second-order valence-electron chi connectivity index (χ2n) is 5.92. The zero-order valence-electron chi connectivity index (χ0n) is 12.9. The van der Waals surface area contributed by atoms with Gasteiger partial charge in [0.05, 0.1) is 11.2 Å². The van der Waals surface area contributed by atoms with Crippen LogP contribution >= 0.6 is 0 Å². The Morgan fingerprint density at radius 1 is 1.05 bits per heavy atom. The minimum absolute atomic E-state index is 0.228. The Labute approximate surface area is 121 Å². The summed E-state index contributed by atoms with van der Waals surface area (Å²) in [7, 11) is 1.92. The second-order valence-corrected chi connectivity index (χ2v) is 5.92. The summed E-state index contributed by atoms with van der Waals surface area (Å²) in [6, 6.07) is 10.6. The Bertz CT molecular complexity index is 571. The standard InChI is InChI=1S/C17H23N3/c1-12(2)13-6-8-14(9-7-13)15-10-11-19-16(20-15)17(3,4)18-5/h6-12,18H,1-5H3. The highest BCUT2D eigenvalue weighted by Crippen LogP contribution is 2.23. The molecule has 0 spiro atoms. The fourth-order valence-electron chi connectivity index (χ4n) is 1.97. The third kappa shape index (κ3) is 3.05. The minimum Gasteiger partial charge on any atom is -0.308 e. The van der Waals surface area contributed by atoms with Gasteiger partial charge in [0.1, 0.15) is 5.82 Å². The smallest absolute Gasteiger partial charge is 0.148 e. The monoisotopic (exact) mass is 269 g/mol. The van der Waals surface area contributed by atoms with Crippen LogP contribution in [0, 0.1) is 0 Å². The Kier molecular flexibility index (Phi) is 4.19. The Morgan fingerprint density at radius 2 is 1.70 bits per heavy atom. The fourth-order valence-corrected chi connectivity index (χ4v) is 1.97. The molecule has 3 heteroatoms. The third-order valence-electron chi connectivity index (χ3n) is 3.71. The summed E-state index contributed by atoms with van der Waals surface area (Å²) in [4.78, 5) is 9.07. The van der Waals surface area contributed by atoms with Crippen molar-refractivity contribution in [1.82, 2.24) is 15.3 Å². The summed E-state index contributed by atoms with van der Waals surface area (Å²) >= 11 is 0. The van der Waals surface area contributed by atoms with Crippen molar-refractivity contribution < 1.29 is 0 Å². The van der Waals surface area contributed by atoms with E-state index in [0.717, 1.165) is 17.1 Å². The molecule has 0 radical (unpaired) electrons. The molecular weight excluding hydrogens is 246 g/mol. The van der Waals surface area contributed by atoms with Gasteiger partial charge in [-0.2, -0.15) is 0 Å². The third-order valence-corrected chi connectivity index (χ3v) is 3.71. The molecule has 1 N–H and O–H groups in total.